The van der Waals surface area contributed by atoms with Gasteiger partial charge in [-0.3, -0.25) is 0 Å². The van der Waals surface area contributed by atoms with Crippen LogP contribution in [-0.2, 0) is 6.54 Å². The lowest BCUT2D eigenvalue weighted by Crippen LogP contribution is -2.49. The van der Waals surface area contributed by atoms with Gasteiger partial charge in [0.1, 0.15) is 12.4 Å². The van der Waals surface area contributed by atoms with Gasteiger partial charge in [-0.05, 0) is 31.4 Å². The van der Waals surface area contributed by atoms with Crippen LogP contribution in [-0.4, -0.2) is 24.1 Å². The second-order valence-corrected chi connectivity index (χ2v) is 6.36. The fourth-order valence-corrected chi connectivity index (χ4v) is 3.03. The largest absolute Gasteiger partial charge is 0.320 e. The molecule has 0 fully saturated rings. The normalized spacial score (nSPS) is 11.8. The van der Waals surface area contributed by atoms with Gasteiger partial charge in [-0.1, -0.05) is 52.2 Å². The summed E-state index contributed by atoms with van der Waals surface area (Å²) in [5.74, 6) is -0.132. The van der Waals surface area contributed by atoms with Crippen LogP contribution in [0, 0.1) is 5.82 Å². The highest BCUT2D eigenvalue weighted by Gasteiger charge is 2.26. The Kier molecular flexibility index (Phi) is 8.60. The summed E-state index contributed by atoms with van der Waals surface area (Å²) in [7, 11) is 0. The van der Waals surface area contributed by atoms with E-state index in [1.807, 2.05) is 12.1 Å². The molecule has 1 rings (SSSR count). The Labute approximate surface area is 130 Å². The van der Waals surface area contributed by atoms with Crippen molar-refractivity contribution in [2.24, 2.45) is 0 Å². The molecule has 0 unspecified atom stereocenters. The summed E-state index contributed by atoms with van der Waals surface area (Å²) in [5, 5.41) is 0. The van der Waals surface area contributed by atoms with E-state index >= 15 is 0 Å². The lowest BCUT2D eigenvalue weighted by Gasteiger charge is -2.39. The molecule has 0 atom stereocenters. The molecule has 1 nitrogen and oxygen atoms in total. The average molecular weight is 294 g/mol. The minimum Gasteiger partial charge on any atom is -0.320 e. The van der Waals surface area contributed by atoms with Gasteiger partial charge in [0.15, 0.2) is 0 Å². The summed E-state index contributed by atoms with van der Waals surface area (Å²) < 4.78 is 14.3. The number of benzene rings is 1. The molecule has 0 N–H and O–H groups in total. The smallest absolute Gasteiger partial charge is 0.123 e. The molecule has 0 aliphatic carbocycles. The molecular weight excluding hydrogens is 261 g/mol. The van der Waals surface area contributed by atoms with Crippen LogP contribution in [0.5, 0.6) is 0 Å². The summed E-state index contributed by atoms with van der Waals surface area (Å²) in [6, 6.07) is 7.13. The van der Waals surface area contributed by atoms with Crippen molar-refractivity contribution in [2.45, 2.75) is 65.8 Å². The highest BCUT2D eigenvalue weighted by atomic mass is 19.1. The molecule has 0 saturated carbocycles. The summed E-state index contributed by atoms with van der Waals surface area (Å²) in [4.78, 5) is 0. The molecule has 0 amide bonds. The van der Waals surface area contributed by atoms with E-state index < -0.39 is 0 Å². The van der Waals surface area contributed by atoms with Crippen molar-refractivity contribution >= 4 is 0 Å². The van der Waals surface area contributed by atoms with Gasteiger partial charge in [0.25, 0.3) is 0 Å². The maximum absolute atomic E-state index is 13.1. The highest BCUT2D eigenvalue weighted by Crippen LogP contribution is 2.20. The van der Waals surface area contributed by atoms with Crippen LogP contribution < -0.4 is 0 Å². The number of halogens is 1. The average Bonchev–Trinajstić information content (AvgIpc) is 2.51. The van der Waals surface area contributed by atoms with Crippen LogP contribution in [0.25, 0.3) is 0 Å². The molecule has 0 spiro atoms. The lowest BCUT2D eigenvalue weighted by atomic mass is 10.1. The fourth-order valence-electron chi connectivity index (χ4n) is 3.03. The van der Waals surface area contributed by atoms with Crippen molar-refractivity contribution in [2.75, 3.05) is 19.6 Å². The van der Waals surface area contributed by atoms with Crippen molar-refractivity contribution < 1.29 is 8.87 Å². The number of quaternary nitrogens is 1. The van der Waals surface area contributed by atoms with Crippen LogP contribution in [0.3, 0.4) is 0 Å². The molecule has 120 valence electrons. The quantitative estimate of drug-likeness (QED) is 0.470. The highest BCUT2D eigenvalue weighted by molar-refractivity contribution is 5.15. The number of hydrogen-bond donors (Lipinski definition) is 0. The number of hydrogen-bond acceptors (Lipinski definition) is 0. The first-order valence-corrected chi connectivity index (χ1v) is 8.75. The molecule has 2 heteroatoms. The maximum atomic E-state index is 13.1. The minimum absolute atomic E-state index is 0.132. The first-order chi connectivity index (χ1) is 10.2. The third kappa shape index (κ3) is 6.60. The van der Waals surface area contributed by atoms with Crippen molar-refractivity contribution in [3.63, 3.8) is 0 Å². The second-order valence-electron chi connectivity index (χ2n) is 6.36. The minimum atomic E-state index is -0.132. The molecule has 0 aliphatic rings. The van der Waals surface area contributed by atoms with Crippen LogP contribution in [0.1, 0.15) is 64.9 Å². The molecule has 0 aromatic heterocycles. The molecular formula is C19H33FN+. The number of rotatable bonds is 11. The molecule has 1 aromatic rings. The van der Waals surface area contributed by atoms with Gasteiger partial charge in [0.05, 0.1) is 19.6 Å². The van der Waals surface area contributed by atoms with E-state index in [0.29, 0.717) is 0 Å². The summed E-state index contributed by atoms with van der Waals surface area (Å²) in [6.45, 7) is 11.6. The lowest BCUT2D eigenvalue weighted by molar-refractivity contribution is -0.941. The van der Waals surface area contributed by atoms with Crippen molar-refractivity contribution in [1.82, 2.24) is 0 Å². The third-order valence-electron chi connectivity index (χ3n) is 4.39. The van der Waals surface area contributed by atoms with Crippen molar-refractivity contribution in [3.05, 3.63) is 35.6 Å². The van der Waals surface area contributed by atoms with Crippen LogP contribution in [0.15, 0.2) is 24.3 Å². The SMILES string of the molecule is CCCC[N+](CCCC)(CCCC)Cc1ccc(F)cc1. The van der Waals surface area contributed by atoms with E-state index in [2.05, 4.69) is 20.8 Å². The third-order valence-corrected chi connectivity index (χ3v) is 4.39. The predicted molar refractivity (Wildman–Crippen MR) is 89.7 cm³/mol. The monoisotopic (exact) mass is 294 g/mol. The molecule has 1 aromatic carbocycles. The molecule has 21 heavy (non-hydrogen) atoms. The molecule has 0 saturated heterocycles. The molecule has 0 radical (unpaired) electrons. The zero-order chi connectivity index (χ0) is 15.6. The summed E-state index contributed by atoms with van der Waals surface area (Å²) >= 11 is 0. The Morgan fingerprint density at radius 1 is 0.762 bits per heavy atom. The van der Waals surface area contributed by atoms with E-state index in [9.17, 15) is 4.39 Å². The molecule has 0 aliphatic heterocycles. The maximum Gasteiger partial charge on any atom is 0.123 e. The second kappa shape index (κ2) is 9.94. The van der Waals surface area contributed by atoms with Gasteiger partial charge in [-0.25, -0.2) is 4.39 Å². The number of nitrogens with zero attached hydrogens (tertiary/aromatic N) is 1. The molecule has 0 bridgehead atoms. The van der Waals surface area contributed by atoms with Crippen LogP contribution in [0.4, 0.5) is 4.39 Å². The number of unbranched alkanes of at least 4 members (excludes halogenated alkanes) is 3. The van der Waals surface area contributed by atoms with Gasteiger partial charge >= 0.3 is 0 Å². The van der Waals surface area contributed by atoms with Gasteiger partial charge in [-0.2, -0.15) is 0 Å². The van der Waals surface area contributed by atoms with E-state index in [-0.39, 0.29) is 5.82 Å². The standard InChI is InChI=1S/C19H33FN/c1-4-7-14-21(15-8-5-2,16-9-6-3)17-18-10-12-19(20)13-11-18/h10-13H,4-9,14-17H2,1-3H3/q+1. The topological polar surface area (TPSA) is 0 Å². The molecule has 0 heterocycles. The summed E-state index contributed by atoms with van der Waals surface area (Å²) in [5.41, 5.74) is 1.28. The van der Waals surface area contributed by atoms with Gasteiger partial charge < -0.3 is 4.48 Å². The first-order valence-electron chi connectivity index (χ1n) is 8.75. The van der Waals surface area contributed by atoms with Gasteiger partial charge in [-0.15, -0.1) is 0 Å². The Hall–Kier alpha value is -0.890. The van der Waals surface area contributed by atoms with Crippen LogP contribution in [0.2, 0.25) is 0 Å². The fraction of sp³-hybridized carbons (Fsp3) is 0.684. The van der Waals surface area contributed by atoms with E-state index in [0.717, 1.165) is 6.54 Å². The van der Waals surface area contributed by atoms with E-state index in [4.69, 9.17) is 0 Å². The van der Waals surface area contributed by atoms with Crippen molar-refractivity contribution in [1.29, 1.82) is 0 Å². The predicted octanol–water partition coefficient (Wildman–Crippen LogP) is 5.54. The van der Waals surface area contributed by atoms with Gasteiger partial charge in [0, 0.05) is 5.56 Å². The van der Waals surface area contributed by atoms with E-state index in [1.54, 1.807) is 12.1 Å². The zero-order valence-corrected chi connectivity index (χ0v) is 14.2. The van der Waals surface area contributed by atoms with Crippen molar-refractivity contribution in [3.8, 4) is 0 Å². The Balaban J connectivity index is 2.85. The van der Waals surface area contributed by atoms with Crippen LogP contribution >= 0.6 is 0 Å². The Morgan fingerprint density at radius 3 is 1.57 bits per heavy atom. The Morgan fingerprint density at radius 2 is 1.19 bits per heavy atom. The van der Waals surface area contributed by atoms with E-state index in [1.165, 1.54) is 68.2 Å². The summed E-state index contributed by atoms with van der Waals surface area (Å²) in [6.07, 6.45) is 7.61. The Bertz CT molecular complexity index is 350. The van der Waals surface area contributed by atoms with Gasteiger partial charge in [0.2, 0.25) is 0 Å². The first kappa shape index (κ1) is 18.2. The zero-order valence-electron chi connectivity index (χ0n) is 14.2.